The zero-order valence-electron chi connectivity index (χ0n) is 14.9. The Labute approximate surface area is 160 Å². The zero-order valence-corrected chi connectivity index (χ0v) is 15.7. The Morgan fingerprint density at radius 2 is 2.19 bits per heavy atom. The average Bonchev–Trinajstić information content (AvgIpc) is 3.29. The van der Waals surface area contributed by atoms with Crippen molar-refractivity contribution < 1.29 is 14.3 Å². The van der Waals surface area contributed by atoms with E-state index in [0.717, 1.165) is 24.2 Å². The summed E-state index contributed by atoms with van der Waals surface area (Å²) in [6.45, 7) is 2.15. The van der Waals surface area contributed by atoms with Gasteiger partial charge in [-0.3, -0.25) is 9.59 Å². The van der Waals surface area contributed by atoms with Gasteiger partial charge in [0.05, 0.1) is 16.9 Å². The Kier molecular flexibility index (Phi) is 4.77. The Morgan fingerprint density at radius 1 is 1.33 bits per heavy atom. The van der Waals surface area contributed by atoms with Crippen molar-refractivity contribution in [1.82, 2.24) is 9.97 Å². The summed E-state index contributed by atoms with van der Waals surface area (Å²) >= 11 is 1.51. The van der Waals surface area contributed by atoms with Gasteiger partial charge in [-0.1, -0.05) is 12.1 Å². The van der Waals surface area contributed by atoms with Gasteiger partial charge in [0, 0.05) is 23.1 Å². The van der Waals surface area contributed by atoms with Crippen LogP contribution in [0.2, 0.25) is 0 Å². The van der Waals surface area contributed by atoms with Gasteiger partial charge in [0.1, 0.15) is 18.1 Å². The number of hydrogen-bond donors (Lipinski definition) is 2. The maximum absolute atomic E-state index is 12.8. The van der Waals surface area contributed by atoms with Crippen molar-refractivity contribution in [3.05, 3.63) is 63.4 Å². The number of benzene rings is 1. The lowest BCUT2D eigenvalue weighted by molar-refractivity contribution is 0.0971. The first-order valence-electron chi connectivity index (χ1n) is 8.78. The highest BCUT2D eigenvalue weighted by Gasteiger charge is 2.26. The van der Waals surface area contributed by atoms with Gasteiger partial charge in [-0.2, -0.15) is 0 Å². The third kappa shape index (κ3) is 3.50. The normalized spacial score (nSPS) is 13.3. The monoisotopic (exact) mass is 381 g/mol. The SMILES string of the molecule is Cc1c(C(=O)Nc2ccccc2OCc2cscn2)[nH]c2c1C(=O)CCC2. The topological polar surface area (TPSA) is 84.1 Å². The number of thiazole rings is 1. The van der Waals surface area contributed by atoms with Crippen LogP contribution in [0.5, 0.6) is 5.75 Å². The second-order valence-electron chi connectivity index (χ2n) is 6.47. The van der Waals surface area contributed by atoms with Crippen LogP contribution in [0.3, 0.4) is 0 Å². The summed E-state index contributed by atoms with van der Waals surface area (Å²) in [7, 11) is 0. The third-order valence-corrected chi connectivity index (χ3v) is 5.29. The van der Waals surface area contributed by atoms with E-state index in [0.29, 0.717) is 41.3 Å². The number of ether oxygens (including phenoxy) is 1. The lowest BCUT2D eigenvalue weighted by Crippen LogP contribution is -2.15. The smallest absolute Gasteiger partial charge is 0.272 e. The van der Waals surface area contributed by atoms with Crippen LogP contribution in [-0.4, -0.2) is 21.7 Å². The summed E-state index contributed by atoms with van der Waals surface area (Å²) in [4.78, 5) is 32.3. The van der Waals surface area contributed by atoms with Crippen molar-refractivity contribution in [2.45, 2.75) is 32.8 Å². The molecule has 0 saturated heterocycles. The van der Waals surface area contributed by atoms with Crippen LogP contribution in [0.15, 0.2) is 35.2 Å². The molecule has 4 rings (SSSR count). The van der Waals surface area contributed by atoms with Crippen LogP contribution in [0.25, 0.3) is 0 Å². The number of carbonyl (C=O) groups excluding carboxylic acids is 2. The predicted octanol–water partition coefficient (Wildman–Crippen LogP) is 4.13. The maximum atomic E-state index is 12.8. The maximum Gasteiger partial charge on any atom is 0.272 e. The number of fused-ring (bicyclic) bond motifs is 1. The number of aromatic nitrogens is 2. The highest BCUT2D eigenvalue weighted by molar-refractivity contribution is 7.07. The van der Waals surface area contributed by atoms with Crippen molar-refractivity contribution in [1.29, 1.82) is 0 Å². The number of para-hydroxylation sites is 2. The molecular formula is C20H19N3O3S. The molecule has 1 aliphatic carbocycles. The first-order chi connectivity index (χ1) is 13.1. The number of aryl methyl sites for hydroxylation is 1. The van der Waals surface area contributed by atoms with Gasteiger partial charge in [0.15, 0.2) is 5.78 Å². The number of carbonyl (C=O) groups is 2. The fourth-order valence-corrected chi connectivity index (χ4v) is 3.89. The van der Waals surface area contributed by atoms with E-state index in [1.165, 1.54) is 11.3 Å². The van der Waals surface area contributed by atoms with E-state index in [9.17, 15) is 9.59 Å². The second kappa shape index (κ2) is 7.36. The first kappa shape index (κ1) is 17.5. The molecule has 0 saturated carbocycles. The fraction of sp³-hybridized carbons (Fsp3) is 0.250. The lowest BCUT2D eigenvalue weighted by Gasteiger charge is -2.11. The molecule has 1 aromatic carbocycles. The van der Waals surface area contributed by atoms with Crippen molar-refractivity contribution in [2.75, 3.05) is 5.32 Å². The molecule has 2 heterocycles. The molecular weight excluding hydrogens is 362 g/mol. The quantitative estimate of drug-likeness (QED) is 0.696. The van der Waals surface area contributed by atoms with Gasteiger partial charge in [-0.05, 0) is 37.5 Å². The largest absolute Gasteiger partial charge is 0.485 e. The first-order valence-corrected chi connectivity index (χ1v) is 9.72. The van der Waals surface area contributed by atoms with Gasteiger partial charge < -0.3 is 15.0 Å². The van der Waals surface area contributed by atoms with Crippen LogP contribution >= 0.6 is 11.3 Å². The molecule has 3 aromatic rings. The molecule has 1 aliphatic rings. The fourth-order valence-electron chi connectivity index (χ4n) is 3.34. The van der Waals surface area contributed by atoms with Crippen LogP contribution in [0.1, 0.15) is 50.6 Å². The van der Waals surface area contributed by atoms with E-state index in [2.05, 4.69) is 15.3 Å². The molecule has 2 aromatic heterocycles. The number of nitrogens with one attached hydrogen (secondary N) is 2. The lowest BCUT2D eigenvalue weighted by atomic mass is 9.94. The van der Waals surface area contributed by atoms with Crippen molar-refractivity contribution in [2.24, 2.45) is 0 Å². The number of aromatic amines is 1. The van der Waals surface area contributed by atoms with E-state index in [-0.39, 0.29) is 11.7 Å². The standard InChI is InChI=1S/C20H19N3O3S/c1-12-18-15(6-4-7-16(18)24)22-19(12)20(25)23-14-5-2-3-8-17(14)26-9-13-10-27-11-21-13/h2-3,5,8,10-11,22H,4,6-7,9H2,1H3,(H,23,25). The van der Waals surface area contributed by atoms with Gasteiger partial charge in [-0.15, -0.1) is 11.3 Å². The summed E-state index contributed by atoms with van der Waals surface area (Å²) in [5.74, 6) is 0.402. The number of Topliss-reactive ketones (excluding diaryl/α,β-unsaturated/α-hetero) is 1. The van der Waals surface area contributed by atoms with Crippen LogP contribution in [-0.2, 0) is 13.0 Å². The van der Waals surface area contributed by atoms with E-state index in [1.54, 1.807) is 17.6 Å². The summed E-state index contributed by atoms with van der Waals surface area (Å²) in [6.07, 6.45) is 2.16. The van der Waals surface area contributed by atoms with Crippen molar-refractivity contribution in [3.8, 4) is 5.75 Å². The molecule has 0 atom stereocenters. The van der Waals surface area contributed by atoms with E-state index < -0.39 is 0 Å². The third-order valence-electron chi connectivity index (χ3n) is 4.66. The van der Waals surface area contributed by atoms with Crippen LogP contribution in [0, 0.1) is 6.92 Å². The second-order valence-corrected chi connectivity index (χ2v) is 7.19. The van der Waals surface area contributed by atoms with Crippen molar-refractivity contribution >= 4 is 28.7 Å². The highest BCUT2D eigenvalue weighted by atomic mass is 32.1. The number of nitrogens with zero attached hydrogens (tertiary/aromatic N) is 1. The molecule has 1 amide bonds. The molecule has 0 spiro atoms. The summed E-state index contributed by atoms with van der Waals surface area (Å²) in [5.41, 5.74) is 5.87. The Bertz CT molecular complexity index is 992. The van der Waals surface area contributed by atoms with Gasteiger partial charge in [0.25, 0.3) is 5.91 Å². The van der Waals surface area contributed by atoms with Crippen LogP contribution in [0.4, 0.5) is 5.69 Å². The minimum atomic E-state index is -0.278. The summed E-state index contributed by atoms with van der Waals surface area (Å²) in [6, 6.07) is 7.28. The predicted molar refractivity (Wildman–Crippen MR) is 104 cm³/mol. The molecule has 2 N–H and O–H groups in total. The van der Waals surface area contributed by atoms with Gasteiger partial charge >= 0.3 is 0 Å². The molecule has 0 fully saturated rings. The number of ketones is 1. The number of anilines is 1. The van der Waals surface area contributed by atoms with Crippen molar-refractivity contribution in [3.63, 3.8) is 0 Å². The molecule has 7 heteroatoms. The van der Waals surface area contributed by atoms with Gasteiger partial charge in [0.2, 0.25) is 0 Å². The Hall–Kier alpha value is -2.93. The van der Waals surface area contributed by atoms with Crippen LogP contribution < -0.4 is 10.1 Å². The minimum absolute atomic E-state index is 0.107. The molecule has 0 unspecified atom stereocenters. The molecule has 6 nitrogen and oxygen atoms in total. The molecule has 0 radical (unpaired) electrons. The average molecular weight is 381 g/mol. The summed E-state index contributed by atoms with van der Waals surface area (Å²) in [5, 5.41) is 4.82. The Morgan fingerprint density at radius 3 is 2.96 bits per heavy atom. The van der Waals surface area contributed by atoms with E-state index >= 15 is 0 Å². The summed E-state index contributed by atoms with van der Waals surface area (Å²) < 4.78 is 5.81. The number of amides is 1. The highest BCUT2D eigenvalue weighted by Crippen LogP contribution is 2.29. The Balaban J connectivity index is 1.54. The molecule has 0 bridgehead atoms. The van der Waals surface area contributed by atoms with E-state index in [1.807, 2.05) is 24.4 Å². The number of rotatable bonds is 5. The number of hydrogen-bond acceptors (Lipinski definition) is 5. The van der Waals surface area contributed by atoms with Gasteiger partial charge in [-0.25, -0.2) is 4.98 Å². The zero-order chi connectivity index (χ0) is 18.8. The molecule has 27 heavy (non-hydrogen) atoms. The molecule has 0 aliphatic heterocycles. The number of H-pyrrole nitrogens is 1. The van der Waals surface area contributed by atoms with E-state index in [4.69, 9.17) is 4.74 Å². The molecule has 138 valence electrons. The minimum Gasteiger partial charge on any atom is -0.485 e.